The fourth-order valence-electron chi connectivity index (χ4n) is 7.13. The smallest absolute Gasteiger partial charge is 0.0659 e. The molecule has 2 aliphatic rings. The van der Waals surface area contributed by atoms with Gasteiger partial charge < -0.3 is 21.3 Å². The lowest BCUT2D eigenvalue weighted by Crippen LogP contribution is -2.79. The van der Waals surface area contributed by atoms with E-state index < -0.39 is 0 Å². The maximum absolute atomic E-state index is 4.84. The van der Waals surface area contributed by atoms with Crippen LogP contribution in [0.1, 0.15) is 62.6 Å². The van der Waals surface area contributed by atoms with Gasteiger partial charge in [0.25, 0.3) is 0 Å². The van der Waals surface area contributed by atoms with Crippen LogP contribution in [0.25, 0.3) is 0 Å². The van der Waals surface area contributed by atoms with Crippen molar-refractivity contribution in [2.24, 2.45) is 10.8 Å². The first-order valence-electron chi connectivity index (χ1n) is 15.0. The largest absolute Gasteiger partial charge is 0.306 e. The van der Waals surface area contributed by atoms with Gasteiger partial charge in [-0.05, 0) is 59.4 Å². The van der Waals surface area contributed by atoms with Gasteiger partial charge in [-0.3, -0.25) is 19.9 Å². The van der Waals surface area contributed by atoms with E-state index >= 15 is 0 Å². The van der Waals surface area contributed by atoms with Crippen LogP contribution in [0.15, 0.2) is 97.6 Å². The molecule has 2 fully saturated rings. The Bertz CT molecular complexity index is 1300. The summed E-state index contributed by atoms with van der Waals surface area (Å²) in [5.41, 5.74) is 3.81. The minimum atomic E-state index is -0.164. The van der Waals surface area contributed by atoms with E-state index in [1.807, 2.05) is 61.2 Å². The summed E-state index contributed by atoms with van der Waals surface area (Å²) >= 11 is 0. The number of hydrogen-bond acceptors (Lipinski definition) is 8. The number of nitrogens with zero attached hydrogens (tertiary/aromatic N) is 4. The van der Waals surface area contributed by atoms with Crippen molar-refractivity contribution in [3.63, 3.8) is 0 Å². The highest BCUT2D eigenvalue weighted by Gasteiger charge is 2.60. The first-order chi connectivity index (χ1) is 20.4. The quantitative estimate of drug-likeness (QED) is 0.251. The molecule has 0 saturated carbocycles. The van der Waals surface area contributed by atoms with E-state index in [0.29, 0.717) is 13.1 Å². The van der Waals surface area contributed by atoms with Crippen molar-refractivity contribution in [3.8, 4) is 0 Å². The van der Waals surface area contributed by atoms with Gasteiger partial charge in [0, 0.05) is 62.0 Å². The second kappa shape index (κ2) is 12.0. The Morgan fingerprint density at radius 2 is 0.929 bits per heavy atom. The number of pyridine rings is 4. The van der Waals surface area contributed by atoms with Crippen molar-refractivity contribution in [1.82, 2.24) is 41.2 Å². The molecule has 2 saturated heterocycles. The highest BCUT2D eigenvalue weighted by atomic mass is 15.2. The normalized spacial score (nSPS) is 28.1. The molecule has 8 nitrogen and oxygen atoms in total. The molecule has 0 unspecified atom stereocenters. The average molecular weight is 563 g/mol. The van der Waals surface area contributed by atoms with Gasteiger partial charge in [0.2, 0.25) is 0 Å². The summed E-state index contributed by atoms with van der Waals surface area (Å²) in [5.74, 6) is 0. The Morgan fingerprint density at radius 3 is 1.26 bits per heavy atom. The van der Waals surface area contributed by atoms with E-state index in [1.54, 1.807) is 0 Å². The topological polar surface area (TPSA) is 99.7 Å². The van der Waals surface area contributed by atoms with Crippen molar-refractivity contribution in [3.05, 3.63) is 120 Å². The highest BCUT2D eigenvalue weighted by Crippen LogP contribution is 2.50. The molecular formula is C34H42N8. The van der Waals surface area contributed by atoms with Crippen LogP contribution >= 0.6 is 0 Å². The molecule has 0 bridgehead atoms. The van der Waals surface area contributed by atoms with Gasteiger partial charge in [0.05, 0.1) is 34.9 Å². The fourth-order valence-corrected chi connectivity index (χ4v) is 7.13. The monoisotopic (exact) mass is 562 g/mol. The van der Waals surface area contributed by atoms with E-state index in [-0.39, 0.29) is 47.1 Å². The second-order valence-corrected chi connectivity index (χ2v) is 12.8. The molecule has 218 valence electrons. The fraction of sp³-hybridized carbons (Fsp3) is 0.412. The Morgan fingerprint density at radius 1 is 0.548 bits per heavy atom. The molecule has 6 rings (SSSR count). The van der Waals surface area contributed by atoms with Crippen molar-refractivity contribution < 1.29 is 0 Å². The molecule has 42 heavy (non-hydrogen) atoms. The lowest BCUT2D eigenvalue weighted by Gasteiger charge is -2.63. The zero-order valence-electron chi connectivity index (χ0n) is 24.9. The summed E-state index contributed by atoms with van der Waals surface area (Å²) in [5, 5.41) is 16.1. The average Bonchev–Trinajstić information content (AvgIpc) is 3.01. The van der Waals surface area contributed by atoms with Crippen LogP contribution in [0.5, 0.6) is 0 Å². The predicted octanol–water partition coefficient (Wildman–Crippen LogP) is 4.36. The molecule has 6 atom stereocenters. The molecule has 4 aromatic rings. The van der Waals surface area contributed by atoms with Crippen molar-refractivity contribution in [2.45, 2.75) is 77.0 Å². The second-order valence-electron chi connectivity index (χ2n) is 12.8. The minimum absolute atomic E-state index is 0.00933. The summed E-state index contributed by atoms with van der Waals surface area (Å²) in [6.45, 7) is 10.9. The number of nitrogens with one attached hydrogen (secondary N) is 4. The Hall–Kier alpha value is -3.56. The Labute approximate surface area is 249 Å². The maximum atomic E-state index is 4.84. The lowest BCUT2D eigenvalue weighted by molar-refractivity contribution is -0.0489. The zero-order valence-corrected chi connectivity index (χ0v) is 24.9. The zero-order chi connectivity index (χ0) is 29.2. The summed E-state index contributed by atoms with van der Waals surface area (Å²) < 4.78 is 0. The molecule has 0 amide bonds. The number of piperidine rings is 2. The Balaban J connectivity index is 1.37. The summed E-state index contributed by atoms with van der Waals surface area (Å²) in [6.07, 6.45) is 7.50. The first-order valence-corrected chi connectivity index (χ1v) is 15.0. The van der Waals surface area contributed by atoms with E-state index in [1.165, 1.54) is 0 Å². The third-order valence-electron chi connectivity index (χ3n) is 9.40. The molecule has 4 aromatic heterocycles. The van der Waals surface area contributed by atoms with Crippen LogP contribution < -0.4 is 21.3 Å². The van der Waals surface area contributed by atoms with Gasteiger partial charge in [0.1, 0.15) is 0 Å². The van der Waals surface area contributed by atoms with Crippen LogP contribution in [0.2, 0.25) is 0 Å². The van der Waals surface area contributed by atoms with Crippen LogP contribution in [0.4, 0.5) is 0 Å². The third-order valence-corrected chi connectivity index (χ3v) is 9.40. The maximum Gasteiger partial charge on any atom is 0.0659 e. The van der Waals surface area contributed by atoms with Crippen LogP contribution in [-0.4, -0.2) is 44.1 Å². The SMILES string of the molecule is CC1(C)[C@H](NCc2ccccn2)[C@H](c2ccccn2)N[C@H]2[C@@H]1N[C@@H](c1ccccn1)[C@@H](NCc1ccccn1)C2(C)C. The number of aromatic nitrogens is 4. The molecule has 0 radical (unpaired) electrons. The van der Waals surface area contributed by atoms with Crippen molar-refractivity contribution in [2.75, 3.05) is 0 Å². The van der Waals surface area contributed by atoms with E-state index in [4.69, 9.17) is 9.97 Å². The molecule has 4 N–H and O–H groups in total. The van der Waals surface area contributed by atoms with Gasteiger partial charge in [-0.25, -0.2) is 0 Å². The van der Waals surface area contributed by atoms with E-state index in [2.05, 4.69) is 95.3 Å². The van der Waals surface area contributed by atoms with Gasteiger partial charge in [-0.15, -0.1) is 0 Å². The van der Waals surface area contributed by atoms with E-state index in [0.717, 1.165) is 22.8 Å². The molecule has 8 heteroatoms. The molecule has 2 aliphatic heterocycles. The summed E-state index contributed by atoms with van der Waals surface area (Å²) in [7, 11) is 0. The molecule has 0 aromatic carbocycles. The molecule has 0 spiro atoms. The standard InChI is InChI=1S/C34H42N8/c1-33(2)29(39-21-23-13-5-9-17-35-23)27(25-15-7-11-19-37-25)42-32-31(33)41-28(26-16-8-12-20-38-26)30(34(32,3)4)40-22-24-14-6-10-18-36-24/h5-20,27-32,39-42H,21-22H2,1-4H3/t27-,28-,29+,30+,31-,32-/m0/s1. The van der Waals surface area contributed by atoms with Crippen molar-refractivity contribution in [1.29, 1.82) is 0 Å². The van der Waals surface area contributed by atoms with E-state index in [9.17, 15) is 0 Å². The van der Waals surface area contributed by atoms with Gasteiger partial charge in [-0.2, -0.15) is 0 Å². The highest BCUT2D eigenvalue weighted by molar-refractivity contribution is 5.27. The van der Waals surface area contributed by atoms with Crippen molar-refractivity contribution >= 4 is 0 Å². The molecule has 6 heterocycles. The molecule has 0 aliphatic carbocycles. The third kappa shape index (κ3) is 5.60. The number of hydrogen-bond donors (Lipinski definition) is 4. The van der Waals surface area contributed by atoms with Crippen LogP contribution in [-0.2, 0) is 13.1 Å². The van der Waals surface area contributed by atoms with Gasteiger partial charge in [0.15, 0.2) is 0 Å². The van der Waals surface area contributed by atoms with Crippen LogP contribution in [0.3, 0.4) is 0 Å². The van der Waals surface area contributed by atoms with Crippen LogP contribution in [0, 0.1) is 10.8 Å². The predicted molar refractivity (Wildman–Crippen MR) is 165 cm³/mol. The molecular weight excluding hydrogens is 520 g/mol. The summed E-state index contributed by atoms with van der Waals surface area (Å²) in [4.78, 5) is 18.9. The van der Waals surface area contributed by atoms with Gasteiger partial charge >= 0.3 is 0 Å². The Kier molecular flexibility index (Phi) is 8.14. The number of fused-ring (bicyclic) bond motifs is 1. The first kappa shape index (κ1) is 28.6. The summed E-state index contributed by atoms with van der Waals surface area (Å²) in [6, 6.07) is 25.0. The number of rotatable bonds is 8. The van der Waals surface area contributed by atoms with Gasteiger partial charge in [-0.1, -0.05) is 52.0 Å². The minimum Gasteiger partial charge on any atom is -0.306 e. The lowest BCUT2D eigenvalue weighted by atomic mass is 9.57.